The molecule has 1 atom stereocenters. The van der Waals surface area contributed by atoms with Crippen LogP contribution < -0.4 is 0 Å². The van der Waals surface area contributed by atoms with Gasteiger partial charge in [-0.3, -0.25) is 4.79 Å². The zero-order valence-corrected chi connectivity index (χ0v) is 11.8. The lowest BCUT2D eigenvalue weighted by molar-refractivity contribution is -0.137. The van der Waals surface area contributed by atoms with Crippen molar-refractivity contribution >= 4 is 5.91 Å². The van der Waals surface area contributed by atoms with Crippen molar-refractivity contribution in [3.8, 4) is 0 Å². The van der Waals surface area contributed by atoms with Gasteiger partial charge < -0.3 is 14.5 Å². The van der Waals surface area contributed by atoms with E-state index in [0.717, 1.165) is 26.1 Å². The van der Waals surface area contributed by atoms with Crippen molar-refractivity contribution in [2.75, 3.05) is 40.3 Å². The molecule has 0 radical (unpaired) electrons. The summed E-state index contributed by atoms with van der Waals surface area (Å²) in [7, 11) is 4.00. The second-order valence-electron chi connectivity index (χ2n) is 5.91. The van der Waals surface area contributed by atoms with Gasteiger partial charge in [0.25, 0.3) is 0 Å². The van der Waals surface area contributed by atoms with Gasteiger partial charge in [0.05, 0.1) is 6.10 Å². The van der Waals surface area contributed by atoms with Gasteiger partial charge in [-0.25, -0.2) is 0 Å². The van der Waals surface area contributed by atoms with Gasteiger partial charge in [-0.05, 0) is 39.3 Å². The van der Waals surface area contributed by atoms with Crippen molar-refractivity contribution in [3.63, 3.8) is 0 Å². The topological polar surface area (TPSA) is 32.8 Å². The maximum atomic E-state index is 11.8. The summed E-state index contributed by atoms with van der Waals surface area (Å²) >= 11 is 0. The smallest absolute Gasteiger partial charge is 0.248 e. The molecule has 0 bridgehead atoms. The van der Waals surface area contributed by atoms with E-state index < -0.39 is 0 Å². The van der Waals surface area contributed by atoms with E-state index in [9.17, 15) is 4.79 Å². The normalized spacial score (nSPS) is 25.5. The summed E-state index contributed by atoms with van der Waals surface area (Å²) < 4.78 is 5.34. The summed E-state index contributed by atoms with van der Waals surface area (Å²) in [5.41, 5.74) is 0.233. The molecule has 4 nitrogen and oxygen atoms in total. The van der Waals surface area contributed by atoms with E-state index in [-0.39, 0.29) is 24.0 Å². The zero-order valence-electron chi connectivity index (χ0n) is 11.8. The molecule has 17 heavy (non-hydrogen) atoms. The van der Waals surface area contributed by atoms with Crippen LogP contribution in [0.15, 0.2) is 0 Å². The Morgan fingerprint density at radius 2 is 2.18 bits per heavy atom. The van der Waals surface area contributed by atoms with E-state index in [1.165, 1.54) is 0 Å². The average Bonchev–Trinajstić information content (AvgIpc) is 2.54. The SMILES string of the molecule is CC(C)OCC(=O)N(C)CC1(C)CCN(C)C1. The summed E-state index contributed by atoms with van der Waals surface area (Å²) in [6.07, 6.45) is 1.27. The summed E-state index contributed by atoms with van der Waals surface area (Å²) in [6.45, 7) is 9.35. The molecule has 1 aliphatic heterocycles. The Hall–Kier alpha value is -0.610. The molecule has 100 valence electrons. The summed E-state index contributed by atoms with van der Waals surface area (Å²) in [5, 5.41) is 0. The minimum atomic E-state index is 0.0782. The summed E-state index contributed by atoms with van der Waals surface area (Å²) in [4.78, 5) is 16.0. The molecule has 0 saturated carbocycles. The minimum Gasteiger partial charge on any atom is -0.369 e. The van der Waals surface area contributed by atoms with Crippen molar-refractivity contribution in [2.45, 2.75) is 33.3 Å². The number of carbonyl (C=O) groups excluding carboxylic acids is 1. The van der Waals surface area contributed by atoms with E-state index >= 15 is 0 Å². The first-order valence-corrected chi connectivity index (χ1v) is 6.36. The Kier molecular flexibility index (Phi) is 4.95. The van der Waals surface area contributed by atoms with Crippen LogP contribution in [0.5, 0.6) is 0 Å². The van der Waals surface area contributed by atoms with Crippen LogP contribution in [0.3, 0.4) is 0 Å². The molecule has 0 N–H and O–H groups in total. The van der Waals surface area contributed by atoms with Crippen LogP contribution in [0.2, 0.25) is 0 Å². The zero-order chi connectivity index (χ0) is 13.1. The fraction of sp³-hybridized carbons (Fsp3) is 0.923. The highest BCUT2D eigenvalue weighted by atomic mass is 16.5. The fourth-order valence-electron chi connectivity index (χ4n) is 2.41. The molecule has 0 aromatic rings. The van der Waals surface area contributed by atoms with Crippen LogP contribution in [0.25, 0.3) is 0 Å². The van der Waals surface area contributed by atoms with Gasteiger partial charge >= 0.3 is 0 Å². The fourth-order valence-corrected chi connectivity index (χ4v) is 2.41. The van der Waals surface area contributed by atoms with Crippen LogP contribution in [-0.4, -0.2) is 62.1 Å². The molecule has 4 heteroatoms. The summed E-state index contributed by atoms with van der Waals surface area (Å²) in [5.74, 6) is 0.0782. The monoisotopic (exact) mass is 242 g/mol. The molecular weight excluding hydrogens is 216 g/mol. The first-order chi connectivity index (χ1) is 7.82. The molecule has 1 unspecified atom stereocenters. The number of rotatable bonds is 5. The Morgan fingerprint density at radius 3 is 2.65 bits per heavy atom. The van der Waals surface area contributed by atoms with Gasteiger partial charge in [-0.1, -0.05) is 6.92 Å². The average molecular weight is 242 g/mol. The second kappa shape index (κ2) is 5.83. The van der Waals surface area contributed by atoms with Crippen LogP contribution in [0.4, 0.5) is 0 Å². The molecule has 1 amide bonds. The third kappa shape index (κ3) is 4.64. The van der Waals surface area contributed by atoms with E-state index in [1.54, 1.807) is 0 Å². The van der Waals surface area contributed by atoms with Gasteiger partial charge in [0.2, 0.25) is 5.91 Å². The Balaban J connectivity index is 2.37. The first-order valence-electron chi connectivity index (χ1n) is 6.36. The van der Waals surface area contributed by atoms with Crippen molar-refractivity contribution < 1.29 is 9.53 Å². The van der Waals surface area contributed by atoms with Crippen LogP contribution in [-0.2, 0) is 9.53 Å². The van der Waals surface area contributed by atoms with Crippen LogP contribution in [0.1, 0.15) is 27.2 Å². The number of likely N-dealkylation sites (N-methyl/N-ethyl adjacent to an activating group) is 1. The third-order valence-corrected chi connectivity index (χ3v) is 3.33. The predicted molar refractivity (Wildman–Crippen MR) is 68.9 cm³/mol. The second-order valence-corrected chi connectivity index (χ2v) is 5.91. The number of ether oxygens (including phenoxy) is 1. The maximum Gasteiger partial charge on any atom is 0.248 e. The lowest BCUT2D eigenvalue weighted by atomic mass is 9.89. The highest BCUT2D eigenvalue weighted by Crippen LogP contribution is 2.29. The van der Waals surface area contributed by atoms with Crippen molar-refractivity contribution in [1.82, 2.24) is 9.80 Å². The van der Waals surface area contributed by atoms with Gasteiger partial charge in [0.15, 0.2) is 0 Å². The molecule has 0 aliphatic carbocycles. The lowest BCUT2D eigenvalue weighted by Gasteiger charge is -2.30. The number of hydrogen-bond acceptors (Lipinski definition) is 3. The molecule has 1 rings (SSSR count). The molecular formula is C13H26N2O2. The maximum absolute atomic E-state index is 11.8. The molecule has 1 fully saturated rings. The Morgan fingerprint density at radius 1 is 1.53 bits per heavy atom. The largest absolute Gasteiger partial charge is 0.369 e. The first kappa shape index (κ1) is 14.5. The lowest BCUT2D eigenvalue weighted by Crippen LogP contribution is -2.40. The third-order valence-electron chi connectivity index (χ3n) is 3.33. The summed E-state index contributed by atoms with van der Waals surface area (Å²) in [6, 6.07) is 0. The Bertz CT molecular complexity index is 268. The quantitative estimate of drug-likeness (QED) is 0.726. The predicted octanol–water partition coefficient (Wildman–Crippen LogP) is 1.21. The number of nitrogens with zero attached hydrogens (tertiary/aromatic N) is 2. The Labute approximate surface area is 105 Å². The van der Waals surface area contributed by atoms with E-state index in [1.807, 2.05) is 25.8 Å². The number of amides is 1. The van der Waals surface area contributed by atoms with E-state index in [4.69, 9.17) is 4.74 Å². The number of carbonyl (C=O) groups is 1. The number of hydrogen-bond donors (Lipinski definition) is 0. The van der Waals surface area contributed by atoms with E-state index in [2.05, 4.69) is 18.9 Å². The molecule has 1 saturated heterocycles. The van der Waals surface area contributed by atoms with Gasteiger partial charge in [0, 0.05) is 20.1 Å². The molecule has 0 aromatic heterocycles. The van der Waals surface area contributed by atoms with Crippen molar-refractivity contribution in [2.24, 2.45) is 5.41 Å². The highest BCUT2D eigenvalue weighted by molar-refractivity contribution is 5.77. The van der Waals surface area contributed by atoms with Crippen LogP contribution in [0, 0.1) is 5.41 Å². The van der Waals surface area contributed by atoms with Crippen LogP contribution >= 0.6 is 0 Å². The molecule has 0 spiro atoms. The standard InChI is InChI=1S/C13H26N2O2/c1-11(2)17-8-12(16)15(5)10-13(3)6-7-14(4)9-13/h11H,6-10H2,1-5H3. The van der Waals surface area contributed by atoms with Gasteiger partial charge in [0.1, 0.15) is 6.61 Å². The van der Waals surface area contributed by atoms with Gasteiger partial charge in [-0.2, -0.15) is 0 Å². The van der Waals surface area contributed by atoms with Crippen molar-refractivity contribution in [1.29, 1.82) is 0 Å². The minimum absolute atomic E-state index is 0.0782. The molecule has 1 aliphatic rings. The van der Waals surface area contributed by atoms with Crippen molar-refractivity contribution in [3.05, 3.63) is 0 Å². The van der Waals surface area contributed by atoms with E-state index in [0.29, 0.717) is 0 Å². The molecule has 1 heterocycles. The molecule has 0 aromatic carbocycles. The highest BCUT2D eigenvalue weighted by Gasteiger charge is 2.33. The van der Waals surface area contributed by atoms with Gasteiger partial charge in [-0.15, -0.1) is 0 Å². The number of likely N-dealkylation sites (tertiary alicyclic amines) is 1.